The molecule has 0 saturated carbocycles. The van der Waals surface area contributed by atoms with Crippen LogP contribution in [-0.2, 0) is 14.3 Å². The Morgan fingerprint density at radius 3 is 2.52 bits per heavy atom. The molecule has 1 atom stereocenters. The van der Waals surface area contributed by atoms with Gasteiger partial charge in [-0.05, 0) is 26.3 Å². The van der Waals surface area contributed by atoms with Crippen LogP contribution in [0.2, 0.25) is 0 Å². The molecule has 0 aromatic heterocycles. The maximum absolute atomic E-state index is 12.6. The molecule has 2 amide bonds. The zero-order valence-electron chi connectivity index (χ0n) is 12.8. The van der Waals surface area contributed by atoms with Crippen molar-refractivity contribution in [3.05, 3.63) is 35.9 Å². The van der Waals surface area contributed by atoms with Crippen LogP contribution in [0, 0.1) is 0 Å². The second-order valence-electron chi connectivity index (χ2n) is 5.62. The molecule has 114 valence electrons. The third-order valence-electron chi connectivity index (χ3n) is 3.59. The van der Waals surface area contributed by atoms with Gasteiger partial charge in [0.1, 0.15) is 11.6 Å². The minimum atomic E-state index is -0.880. The van der Waals surface area contributed by atoms with Gasteiger partial charge in [-0.3, -0.25) is 9.59 Å². The Balaban J connectivity index is 2.30. The molecule has 0 spiro atoms. The number of carbonyl (C=O) groups is 2. The second-order valence-corrected chi connectivity index (χ2v) is 5.62. The summed E-state index contributed by atoms with van der Waals surface area (Å²) in [6.07, 6.45) is 0. The van der Waals surface area contributed by atoms with Crippen molar-refractivity contribution in [2.75, 3.05) is 19.8 Å². The van der Waals surface area contributed by atoms with Gasteiger partial charge in [0.2, 0.25) is 11.8 Å². The molecule has 1 aliphatic heterocycles. The molecule has 1 aliphatic rings. The van der Waals surface area contributed by atoms with Crippen LogP contribution in [0.5, 0.6) is 0 Å². The molecule has 1 aromatic carbocycles. The average Bonchev–Trinajstić information content (AvgIpc) is 2.45. The minimum absolute atomic E-state index is 0.0874. The Morgan fingerprint density at radius 2 is 1.90 bits per heavy atom. The summed E-state index contributed by atoms with van der Waals surface area (Å²) >= 11 is 0. The molecule has 21 heavy (non-hydrogen) atoms. The first-order chi connectivity index (χ1) is 9.97. The average molecular weight is 290 g/mol. The fraction of sp³-hybridized carbons (Fsp3) is 0.500. The van der Waals surface area contributed by atoms with E-state index < -0.39 is 11.6 Å². The van der Waals surface area contributed by atoms with Gasteiger partial charge in [-0.15, -0.1) is 0 Å². The molecule has 1 aromatic rings. The molecule has 1 N–H and O–H groups in total. The van der Waals surface area contributed by atoms with Gasteiger partial charge in [-0.1, -0.05) is 30.3 Å². The lowest BCUT2D eigenvalue weighted by Crippen LogP contribution is -2.65. The van der Waals surface area contributed by atoms with Gasteiger partial charge < -0.3 is 15.0 Å². The van der Waals surface area contributed by atoms with Crippen molar-refractivity contribution < 1.29 is 14.3 Å². The fourth-order valence-corrected chi connectivity index (χ4v) is 2.55. The highest BCUT2D eigenvalue weighted by atomic mass is 16.5. The maximum Gasteiger partial charge on any atom is 0.248 e. The maximum atomic E-state index is 12.6. The summed E-state index contributed by atoms with van der Waals surface area (Å²) in [7, 11) is 0. The number of carbonyl (C=O) groups excluding carboxylic acids is 2. The zero-order valence-corrected chi connectivity index (χ0v) is 12.8. The van der Waals surface area contributed by atoms with Crippen molar-refractivity contribution in [2.24, 2.45) is 0 Å². The minimum Gasteiger partial charge on any atom is -0.380 e. The monoisotopic (exact) mass is 290 g/mol. The molecular weight excluding hydrogens is 268 g/mol. The van der Waals surface area contributed by atoms with Crippen molar-refractivity contribution in [3.8, 4) is 0 Å². The molecule has 1 heterocycles. The van der Waals surface area contributed by atoms with Crippen LogP contribution in [0.15, 0.2) is 30.3 Å². The van der Waals surface area contributed by atoms with Crippen LogP contribution < -0.4 is 5.32 Å². The highest BCUT2D eigenvalue weighted by Gasteiger charge is 2.45. The highest BCUT2D eigenvalue weighted by Crippen LogP contribution is 2.28. The molecule has 0 bridgehead atoms. The van der Waals surface area contributed by atoms with Gasteiger partial charge in [0.25, 0.3) is 0 Å². The van der Waals surface area contributed by atoms with E-state index in [1.807, 2.05) is 37.3 Å². The third kappa shape index (κ3) is 3.24. The lowest BCUT2D eigenvalue weighted by molar-refractivity contribution is -0.154. The molecule has 0 radical (unpaired) electrons. The molecule has 5 nitrogen and oxygen atoms in total. The van der Waals surface area contributed by atoms with Crippen LogP contribution >= 0.6 is 0 Å². The number of hydrogen-bond acceptors (Lipinski definition) is 3. The van der Waals surface area contributed by atoms with Gasteiger partial charge in [-0.25, -0.2) is 0 Å². The second kappa shape index (κ2) is 6.26. The van der Waals surface area contributed by atoms with E-state index in [4.69, 9.17) is 4.74 Å². The van der Waals surface area contributed by atoms with E-state index in [2.05, 4.69) is 5.32 Å². The Bertz CT molecular complexity index is 514. The predicted molar refractivity (Wildman–Crippen MR) is 79.6 cm³/mol. The predicted octanol–water partition coefficient (Wildman–Crippen LogP) is 1.50. The van der Waals surface area contributed by atoms with Gasteiger partial charge in [0, 0.05) is 13.2 Å². The molecule has 1 fully saturated rings. The fourth-order valence-electron chi connectivity index (χ4n) is 2.55. The summed E-state index contributed by atoms with van der Waals surface area (Å²) in [4.78, 5) is 26.7. The van der Waals surface area contributed by atoms with Crippen LogP contribution in [0.4, 0.5) is 0 Å². The molecule has 2 rings (SSSR count). The first-order valence-electron chi connectivity index (χ1n) is 7.23. The summed E-state index contributed by atoms with van der Waals surface area (Å²) < 4.78 is 5.35. The Hall–Kier alpha value is -1.88. The van der Waals surface area contributed by atoms with Gasteiger partial charge >= 0.3 is 0 Å². The lowest BCUT2D eigenvalue weighted by Gasteiger charge is -2.42. The van der Waals surface area contributed by atoms with E-state index in [0.29, 0.717) is 19.8 Å². The SMILES string of the molecule is CCOCCN1C(=O)C(C)(C)NC(=O)C1c1ccccc1. The summed E-state index contributed by atoms with van der Waals surface area (Å²) in [5, 5.41) is 2.80. The van der Waals surface area contributed by atoms with Gasteiger partial charge in [0.15, 0.2) is 0 Å². The van der Waals surface area contributed by atoms with E-state index in [1.54, 1.807) is 18.7 Å². The molecule has 1 saturated heterocycles. The third-order valence-corrected chi connectivity index (χ3v) is 3.59. The van der Waals surface area contributed by atoms with Crippen LogP contribution in [0.1, 0.15) is 32.4 Å². The summed E-state index contributed by atoms with van der Waals surface area (Å²) in [6.45, 7) is 6.78. The van der Waals surface area contributed by atoms with E-state index in [9.17, 15) is 9.59 Å². The van der Waals surface area contributed by atoms with Crippen LogP contribution in [-0.4, -0.2) is 42.0 Å². The summed E-state index contributed by atoms with van der Waals surface area (Å²) in [6, 6.07) is 8.77. The van der Waals surface area contributed by atoms with Crippen molar-refractivity contribution in [1.82, 2.24) is 10.2 Å². The molecular formula is C16H22N2O3. The molecule has 1 unspecified atom stereocenters. The number of hydrogen-bond donors (Lipinski definition) is 1. The van der Waals surface area contributed by atoms with E-state index in [1.165, 1.54) is 0 Å². The number of piperazine rings is 1. The van der Waals surface area contributed by atoms with Crippen molar-refractivity contribution in [1.29, 1.82) is 0 Å². The van der Waals surface area contributed by atoms with E-state index in [0.717, 1.165) is 5.56 Å². The topological polar surface area (TPSA) is 58.6 Å². The number of amides is 2. The van der Waals surface area contributed by atoms with E-state index in [-0.39, 0.29) is 11.8 Å². The summed E-state index contributed by atoms with van der Waals surface area (Å²) in [5.41, 5.74) is -0.0652. The smallest absolute Gasteiger partial charge is 0.248 e. The largest absolute Gasteiger partial charge is 0.380 e. The number of nitrogens with zero attached hydrogens (tertiary/aromatic N) is 1. The highest BCUT2D eigenvalue weighted by molar-refractivity contribution is 5.99. The standard InChI is InChI=1S/C16H22N2O3/c1-4-21-11-10-18-13(12-8-6-5-7-9-12)14(19)17-16(2,3)15(18)20/h5-9,13H,4,10-11H2,1-3H3,(H,17,19). The van der Waals surface area contributed by atoms with Crippen molar-refractivity contribution in [2.45, 2.75) is 32.4 Å². The van der Waals surface area contributed by atoms with Crippen LogP contribution in [0.25, 0.3) is 0 Å². The Kier molecular flexibility index (Phi) is 4.63. The van der Waals surface area contributed by atoms with Gasteiger partial charge in [0.05, 0.1) is 6.61 Å². The zero-order chi connectivity index (χ0) is 15.5. The number of benzene rings is 1. The normalized spacial score (nSPS) is 21.3. The Morgan fingerprint density at radius 1 is 1.24 bits per heavy atom. The van der Waals surface area contributed by atoms with Gasteiger partial charge in [-0.2, -0.15) is 0 Å². The van der Waals surface area contributed by atoms with Crippen molar-refractivity contribution >= 4 is 11.8 Å². The number of rotatable bonds is 5. The summed E-state index contributed by atoms with van der Waals surface area (Å²) in [5.74, 6) is -0.238. The van der Waals surface area contributed by atoms with Crippen LogP contribution in [0.3, 0.4) is 0 Å². The Labute approximate surface area is 125 Å². The number of nitrogens with one attached hydrogen (secondary N) is 1. The molecule has 5 heteroatoms. The lowest BCUT2D eigenvalue weighted by atomic mass is 9.93. The van der Waals surface area contributed by atoms with E-state index >= 15 is 0 Å². The first-order valence-corrected chi connectivity index (χ1v) is 7.23. The van der Waals surface area contributed by atoms with Crippen molar-refractivity contribution in [3.63, 3.8) is 0 Å². The molecule has 0 aliphatic carbocycles. The quantitative estimate of drug-likeness (QED) is 0.836. The first kappa shape index (κ1) is 15.5. The number of ether oxygens (including phenoxy) is 1.